The van der Waals surface area contributed by atoms with E-state index >= 15 is 0 Å². The van der Waals surface area contributed by atoms with Gasteiger partial charge in [-0.05, 0) is 48.9 Å². The Labute approximate surface area is 135 Å². The fraction of sp³-hybridized carbons (Fsp3) is 0.118. The monoisotopic (exact) mass is 337 g/mol. The summed E-state index contributed by atoms with van der Waals surface area (Å²) in [6, 6.07) is 10.1. The van der Waals surface area contributed by atoms with E-state index in [2.05, 4.69) is 4.98 Å². The highest BCUT2D eigenvalue weighted by Crippen LogP contribution is 2.30. The highest BCUT2D eigenvalue weighted by atomic mass is 35.5. The quantitative estimate of drug-likeness (QED) is 0.568. The number of fused-ring (bicyclic) bond motifs is 1. The maximum atomic E-state index is 12.7. The highest BCUT2D eigenvalue weighted by molar-refractivity contribution is 6.31. The third-order valence-corrected chi connectivity index (χ3v) is 3.52. The molecule has 0 aliphatic heterocycles. The second kappa shape index (κ2) is 5.74. The van der Waals surface area contributed by atoms with Crippen molar-refractivity contribution in [1.29, 1.82) is 0 Å². The number of aromatic nitrogens is 1. The Morgan fingerprint density at radius 2 is 1.96 bits per heavy atom. The molecule has 23 heavy (non-hydrogen) atoms. The van der Waals surface area contributed by atoms with Crippen LogP contribution in [0.25, 0.3) is 22.7 Å². The molecule has 3 aromatic rings. The normalized spacial score (nSPS) is 12.8. The van der Waals surface area contributed by atoms with Gasteiger partial charge in [-0.25, -0.2) is 4.98 Å². The number of rotatable bonds is 2. The summed E-state index contributed by atoms with van der Waals surface area (Å²) in [6.45, 7) is 1.73. The molecular formula is C17H11ClF3NO. The van der Waals surface area contributed by atoms with Crippen molar-refractivity contribution in [2.45, 2.75) is 13.1 Å². The summed E-state index contributed by atoms with van der Waals surface area (Å²) in [5.74, 6) is 0.347. The largest absolute Gasteiger partial charge is 0.436 e. The van der Waals surface area contributed by atoms with Crippen LogP contribution in [0, 0.1) is 0 Å². The molecule has 1 aromatic heterocycles. The standard InChI is InChI=1S/C17H11ClF3NO/c1-10(7-11-3-2-4-12(8-11)17(19,20)21)16-22-14-9-13(18)5-6-15(14)23-16/h2-9H,1H3/b10-7+. The minimum Gasteiger partial charge on any atom is -0.436 e. The van der Waals surface area contributed by atoms with Crippen LogP contribution in [-0.4, -0.2) is 4.98 Å². The Bertz CT molecular complexity index is 896. The van der Waals surface area contributed by atoms with E-state index in [4.69, 9.17) is 16.0 Å². The molecule has 0 N–H and O–H groups in total. The Balaban J connectivity index is 1.98. The smallest absolute Gasteiger partial charge is 0.416 e. The Kier molecular flexibility index (Phi) is 3.90. The molecule has 0 amide bonds. The topological polar surface area (TPSA) is 26.0 Å². The molecule has 2 aromatic carbocycles. The molecule has 0 aliphatic rings. The molecule has 0 fully saturated rings. The van der Waals surface area contributed by atoms with Gasteiger partial charge in [0.15, 0.2) is 5.58 Å². The third kappa shape index (κ3) is 3.40. The third-order valence-electron chi connectivity index (χ3n) is 3.28. The van der Waals surface area contributed by atoms with Gasteiger partial charge in [-0.2, -0.15) is 13.2 Å². The van der Waals surface area contributed by atoms with E-state index in [1.165, 1.54) is 6.07 Å². The van der Waals surface area contributed by atoms with Gasteiger partial charge in [0.2, 0.25) is 5.89 Å². The van der Waals surface area contributed by atoms with Gasteiger partial charge >= 0.3 is 6.18 Å². The first kappa shape index (κ1) is 15.6. The van der Waals surface area contributed by atoms with Crippen LogP contribution in [0.15, 0.2) is 46.9 Å². The summed E-state index contributed by atoms with van der Waals surface area (Å²) in [5.41, 5.74) is 1.53. The van der Waals surface area contributed by atoms with Crippen molar-refractivity contribution in [3.05, 3.63) is 64.5 Å². The van der Waals surface area contributed by atoms with Gasteiger partial charge in [-0.15, -0.1) is 0 Å². The summed E-state index contributed by atoms with van der Waals surface area (Å²) >= 11 is 5.89. The van der Waals surface area contributed by atoms with E-state index in [0.29, 0.717) is 33.1 Å². The zero-order valence-electron chi connectivity index (χ0n) is 12.0. The van der Waals surface area contributed by atoms with Crippen LogP contribution in [0.4, 0.5) is 13.2 Å². The second-order valence-electron chi connectivity index (χ2n) is 5.08. The predicted molar refractivity (Wildman–Crippen MR) is 84.0 cm³/mol. The van der Waals surface area contributed by atoms with Crippen LogP contribution in [-0.2, 0) is 6.18 Å². The van der Waals surface area contributed by atoms with Gasteiger partial charge in [0.05, 0.1) is 5.56 Å². The zero-order valence-corrected chi connectivity index (χ0v) is 12.7. The summed E-state index contributed by atoms with van der Waals surface area (Å²) in [4.78, 5) is 4.30. The molecule has 0 unspecified atom stereocenters. The molecule has 1 heterocycles. The average Bonchev–Trinajstić information content (AvgIpc) is 2.90. The van der Waals surface area contributed by atoms with Crippen LogP contribution in [0.5, 0.6) is 0 Å². The first-order valence-electron chi connectivity index (χ1n) is 6.75. The zero-order chi connectivity index (χ0) is 16.6. The van der Waals surface area contributed by atoms with E-state index in [1.807, 2.05) is 0 Å². The molecule has 0 bridgehead atoms. The van der Waals surface area contributed by atoms with Crippen LogP contribution in [0.1, 0.15) is 23.9 Å². The van der Waals surface area contributed by atoms with E-state index in [9.17, 15) is 13.2 Å². The molecule has 0 radical (unpaired) electrons. The van der Waals surface area contributed by atoms with Crippen molar-refractivity contribution in [2.24, 2.45) is 0 Å². The molecule has 0 aliphatic carbocycles. The SMILES string of the molecule is C/C(=C\c1cccc(C(F)(F)F)c1)c1nc2cc(Cl)ccc2o1. The number of benzene rings is 2. The number of halogens is 4. The van der Waals surface area contributed by atoms with Gasteiger partial charge in [0.1, 0.15) is 5.52 Å². The highest BCUT2D eigenvalue weighted by Gasteiger charge is 2.30. The van der Waals surface area contributed by atoms with Crippen molar-refractivity contribution >= 4 is 34.3 Å². The minimum atomic E-state index is -4.37. The van der Waals surface area contributed by atoms with Crippen LogP contribution < -0.4 is 0 Å². The number of hydrogen-bond donors (Lipinski definition) is 0. The van der Waals surface area contributed by atoms with Gasteiger partial charge in [-0.1, -0.05) is 23.7 Å². The molecule has 0 spiro atoms. The molecule has 0 atom stereocenters. The lowest BCUT2D eigenvalue weighted by Crippen LogP contribution is -2.04. The van der Waals surface area contributed by atoms with Crippen LogP contribution >= 0.6 is 11.6 Å². The lowest BCUT2D eigenvalue weighted by atomic mass is 10.1. The maximum Gasteiger partial charge on any atom is 0.416 e. The van der Waals surface area contributed by atoms with Crippen molar-refractivity contribution in [2.75, 3.05) is 0 Å². The maximum absolute atomic E-state index is 12.7. The minimum absolute atomic E-state index is 0.347. The molecule has 118 valence electrons. The van der Waals surface area contributed by atoms with Crippen molar-refractivity contribution in [3.8, 4) is 0 Å². The Hall–Kier alpha value is -2.27. The number of nitrogens with zero attached hydrogens (tertiary/aromatic N) is 1. The average molecular weight is 338 g/mol. The van der Waals surface area contributed by atoms with E-state index in [-0.39, 0.29) is 0 Å². The van der Waals surface area contributed by atoms with Crippen molar-refractivity contribution in [1.82, 2.24) is 4.98 Å². The number of allylic oxidation sites excluding steroid dienone is 1. The first-order chi connectivity index (χ1) is 10.8. The number of hydrogen-bond acceptors (Lipinski definition) is 2. The first-order valence-corrected chi connectivity index (χ1v) is 7.13. The second-order valence-corrected chi connectivity index (χ2v) is 5.52. The number of oxazole rings is 1. The summed E-state index contributed by atoms with van der Waals surface area (Å²) < 4.78 is 43.8. The lowest BCUT2D eigenvalue weighted by Gasteiger charge is -2.07. The van der Waals surface area contributed by atoms with Crippen LogP contribution in [0.2, 0.25) is 5.02 Å². The molecule has 0 saturated heterocycles. The van der Waals surface area contributed by atoms with Gasteiger partial charge in [0.25, 0.3) is 0 Å². The van der Waals surface area contributed by atoms with Crippen molar-refractivity contribution in [3.63, 3.8) is 0 Å². The Morgan fingerprint density at radius 3 is 2.70 bits per heavy atom. The molecule has 6 heteroatoms. The molecule has 0 saturated carbocycles. The molecule has 2 nitrogen and oxygen atoms in total. The number of alkyl halides is 3. The van der Waals surface area contributed by atoms with E-state index in [0.717, 1.165) is 12.1 Å². The fourth-order valence-corrected chi connectivity index (χ4v) is 2.35. The van der Waals surface area contributed by atoms with E-state index in [1.54, 1.807) is 37.3 Å². The Morgan fingerprint density at radius 1 is 1.17 bits per heavy atom. The summed E-state index contributed by atoms with van der Waals surface area (Å²) in [7, 11) is 0. The molecular weight excluding hydrogens is 327 g/mol. The van der Waals surface area contributed by atoms with Gasteiger partial charge < -0.3 is 4.42 Å². The fourth-order valence-electron chi connectivity index (χ4n) is 2.19. The predicted octanol–water partition coefficient (Wildman–Crippen LogP) is 6.06. The summed E-state index contributed by atoms with van der Waals surface area (Å²) in [5, 5.41) is 0.539. The van der Waals surface area contributed by atoms with Gasteiger partial charge in [-0.3, -0.25) is 0 Å². The summed E-state index contributed by atoms with van der Waals surface area (Å²) in [6.07, 6.45) is -2.77. The molecule has 3 rings (SSSR count). The van der Waals surface area contributed by atoms with E-state index < -0.39 is 11.7 Å². The van der Waals surface area contributed by atoms with Gasteiger partial charge in [0, 0.05) is 10.6 Å². The van der Waals surface area contributed by atoms with Crippen LogP contribution in [0.3, 0.4) is 0 Å². The van der Waals surface area contributed by atoms with Crippen molar-refractivity contribution < 1.29 is 17.6 Å². The lowest BCUT2D eigenvalue weighted by molar-refractivity contribution is -0.137.